The summed E-state index contributed by atoms with van der Waals surface area (Å²) in [5, 5.41) is 14.9. The van der Waals surface area contributed by atoms with Gasteiger partial charge in [-0.15, -0.1) is 0 Å². The number of carbonyl (C=O) groups excluding carboxylic acids is 1. The Morgan fingerprint density at radius 2 is 2.22 bits per heavy atom. The van der Waals surface area contributed by atoms with E-state index < -0.39 is 5.92 Å². The molecule has 92 valence electrons. The molecule has 5 heteroatoms. The van der Waals surface area contributed by atoms with Gasteiger partial charge in [-0.3, -0.25) is 4.79 Å². The number of hydrogen-bond donors (Lipinski definition) is 0. The van der Waals surface area contributed by atoms with Gasteiger partial charge >= 0.3 is 0 Å². The van der Waals surface area contributed by atoms with Crippen molar-refractivity contribution in [2.75, 3.05) is 5.01 Å². The Kier molecular flexibility index (Phi) is 3.35. The summed E-state index contributed by atoms with van der Waals surface area (Å²) in [7, 11) is 0. The Morgan fingerprint density at radius 3 is 2.89 bits per heavy atom. The molecule has 2 rings (SSSR count). The number of halogens is 1. The lowest BCUT2D eigenvalue weighted by Crippen LogP contribution is -2.27. The number of nitriles is 1. The van der Waals surface area contributed by atoms with Crippen molar-refractivity contribution in [1.29, 1.82) is 5.26 Å². The van der Waals surface area contributed by atoms with Crippen LogP contribution in [0.15, 0.2) is 23.3 Å². The van der Waals surface area contributed by atoms with Crippen LogP contribution in [0.25, 0.3) is 0 Å². The van der Waals surface area contributed by atoms with E-state index in [1.165, 1.54) is 5.01 Å². The van der Waals surface area contributed by atoms with E-state index in [4.69, 9.17) is 16.9 Å². The van der Waals surface area contributed by atoms with Crippen LogP contribution in [0.4, 0.5) is 5.69 Å². The van der Waals surface area contributed by atoms with Crippen molar-refractivity contribution in [1.82, 2.24) is 0 Å². The summed E-state index contributed by atoms with van der Waals surface area (Å²) in [5.74, 6) is -0.604. The predicted octanol–water partition coefficient (Wildman–Crippen LogP) is 2.90. The molecule has 1 heterocycles. The zero-order valence-electron chi connectivity index (χ0n) is 10.1. The number of anilines is 1. The normalized spacial score (nSPS) is 18.8. The molecule has 4 nitrogen and oxygen atoms in total. The molecule has 1 aliphatic heterocycles. The molecule has 1 amide bonds. The summed E-state index contributed by atoms with van der Waals surface area (Å²) < 4.78 is 0. The molecule has 1 aromatic rings. The first-order chi connectivity index (χ1) is 8.56. The minimum absolute atomic E-state index is 0.157. The number of nitrogens with zero attached hydrogens (tertiary/aromatic N) is 3. The van der Waals surface area contributed by atoms with E-state index in [1.807, 2.05) is 13.0 Å². The van der Waals surface area contributed by atoms with Crippen molar-refractivity contribution < 1.29 is 4.79 Å². The van der Waals surface area contributed by atoms with E-state index in [0.717, 1.165) is 5.56 Å². The average molecular weight is 262 g/mol. The van der Waals surface area contributed by atoms with Crippen molar-refractivity contribution in [2.45, 2.75) is 20.3 Å². The van der Waals surface area contributed by atoms with Crippen LogP contribution in [0.3, 0.4) is 0 Å². The Hall–Kier alpha value is -1.86. The molecule has 0 N–H and O–H groups in total. The van der Waals surface area contributed by atoms with Crippen LogP contribution < -0.4 is 5.01 Å². The van der Waals surface area contributed by atoms with Gasteiger partial charge in [0.05, 0.1) is 24.1 Å². The zero-order chi connectivity index (χ0) is 13.3. The summed E-state index contributed by atoms with van der Waals surface area (Å²) >= 11 is 6.04. The molecule has 18 heavy (non-hydrogen) atoms. The molecule has 0 radical (unpaired) electrons. The zero-order valence-corrected chi connectivity index (χ0v) is 10.9. The first-order valence-corrected chi connectivity index (χ1v) is 5.95. The maximum absolute atomic E-state index is 12.2. The van der Waals surface area contributed by atoms with E-state index in [2.05, 4.69) is 5.10 Å². The van der Waals surface area contributed by atoms with Crippen LogP contribution in [0, 0.1) is 24.2 Å². The lowest BCUT2D eigenvalue weighted by molar-refractivity contribution is -0.119. The largest absolute Gasteiger partial charge is 0.272 e. The summed E-state index contributed by atoms with van der Waals surface area (Å²) in [4.78, 5) is 12.2. The third-order valence-electron chi connectivity index (χ3n) is 3.03. The first kappa shape index (κ1) is 12.6. The highest BCUT2D eigenvalue weighted by molar-refractivity contribution is 6.32. The van der Waals surface area contributed by atoms with Gasteiger partial charge in [0.2, 0.25) is 0 Å². The van der Waals surface area contributed by atoms with E-state index in [1.54, 1.807) is 25.1 Å². The molecule has 1 atom stereocenters. The minimum atomic E-state index is -0.437. The van der Waals surface area contributed by atoms with Gasteiger partial charge in [0.25, 0.3) is 5.91 Å². The lowest BCUT2D eigenvalue weighted by Gasteiger charge is -2.16. The molecule has 0 saturated heterocycles. The maximum Gasteiger partial charge on any atom is 0.257 e. The van der Waals surface area contributed by atoms with Crippen LogP contribution in [-0.2, 0) is 4.79 Å². The topological polar surface area (TPSA) is 56.5 Å². The van der Waals surface area contributed by atoms with Gasteiger partial charge in [0, 0.05) is 10.7 Å². The maximum atomic E-state index is 12.2. The van der Waals surface area contributed by atoms with E-state index in [0.29, 0.717) is 16.4 Å². The number of hydrogen-bond acceptors (Lipinski definition) is 3. The van der Waals surface area contributed by atoms with Crippen molar-refractivity contribution in [3.8, 4) is 6.07 Å². The fraction of sp³-hybridized carbons (Fsp3) is 0.308. The van der Waals surface area contributed by atoms with Gasteiger partial charge in [-0.25, -0.2) is 0 Å². The van der Waals surface area contributed by atoms with Crippen LogP contribution >= 0.6 is 11.6 Å². The highest BCUT2D eigenvalue weighted by atomic mass is 35.5. The Bertz CT molecular complexity index is 574. The van der Waals surface area contributed by atoms with E-state index in [-0.39, 0.29) is 12.3 Å². The Labute approximate surface area is 110 Å². The lowest BCUT2D eigenvalue weighted by atomic mass is 10.0. The fourth-order valence-corrected chi connectivity index (χ4v) is 2.10. The van der Waals surface area contributed by atoms with Gasteiger partial charge in [-0.2, -0.15) is 15.4 Å². The van der Waals surface area contributed by atoms with Crippen LogP contribution in [0.1, 0.15) is 18.9 Å². The van der Waals surface area contributed by atoms with Gasteiger partial charge in [0.1, 0.15) is 0 Å². The van der Waals surface area contributed by atoms with Crippen molar-refractivity contribution in [2.24, 2.45) is 11.0 Å². The molecule has 0 aliphatic carbocycles. The standard InChI is InChI=1S/C13H12ClN3O/c1-8-11(14)4-3-5-12(8)17-13(18)10(6-7-15)9(2)16-17/h3-5,10H,6H2,1-2H3. The van der Waals surface area contributed by atoms with Crippen LogP contribution in [0.5, 0.6) is 0 Å². The molecular weight excluding hydrogens is 250 g/mol. The molecule has 0 saturated carbocycles. The minimum Gasteiger partial charge on any atom is -0.272 e. The van der Waals surface area contributed by atoms with Crippen molar-refractivity contribution in [3.63, 3.8) is 0 Å². The summed E-state index contributed by atoms with van der Waals surface area (Å²) in [6, 6.07) is 7.36. The summed E-state index contributed by atoms with van der Waals surface area (Å²) in [5.41, 5.74) is 2.15. The second kappa shape index (κ2) is 4.79. The first-order valence-electron chi connectivity index (χ1n) is 5.57. The SMILES string of the molecule is CC1=NN(c2cccc(Cl)c2C)C(=O)C1CC#N. The Balaban J connectivity index is 2.40. The van der Waals surface area contributed by atoms with Gasteiger partial charge in [-0.05, 0) is 31.5 Å². The molecule has 1 aromatic carbocycles. The van der Waals surface area contributed by atoms with Crippen LogP contribution in [-0.4, -0.2) is 11.6 Å². The molecule has 0 spiro atoms. The molecule has 1 aliphatic rings. The summed E-state index contributed by atoms with van der Waals surface area (Å²) in [6.45, 7) is 3.60. The van der Waals surface area contributed by atoms with Gasteiger partial charge in [-0.1, -0.05) is 17.7 Å². The van der Waals surface area contributed by atoms with E-state index >= 15 is 0 Å². The van der Waals surface area contributed by atoms with Crippen molar-refractivity contribution >= 4 is 28.9 Å². The Morgan fingerprint density at radius 1 is 1.50 bits per heavy atom. The van der Waals surface area contributed by atoms with Crippen LogP contribution in [0.2, 0.25) is 5.02 Å². The number of benzene rings is 1. The highest BCUT2D eigenvalue weighted by Crippen LogP contribution is 2.31. The third-order valence-corrected chi connectivity index (χ3v) is 3.44. The van der Waals surface area contributed by atoms with Gasteiger partial charge < -0.3 is 0 Å². The monoisotopic (exact) mass is 261 g/mol. The second-order valence-corrected chi connectivity index (χ2v) is 4.60. The predicted molar refractivity (Wildman–Crippen MR) is 70.5 cm³/mol. The smallest absolute Gasteiger partial charge is 0.257 e. The molecule has 0 fully saturated rings. The molecule has 0 bridgehead atoms. The second-order valence-electron chi connectivity index (χ2n) is 4.19. The van der Waals surface area contributed by atoms with Crippen molar-refractivity contribution in [3.05, 3.63) is 28.8 Å². The fourth-order valence-electron chi connectivity index (χ4n) is 1.93. The highest BCUT2D eigenvalue weighted by Gasteiger charge is 2.34. The molecule has 1 unspecified atom stereocenters. The number of carbonyl (C=O) groups is 1. The number of rotatable bonds is 2. The summed E-state index contributed by atoms with van der Waals surface area (Å²) in [6.07, 6.45) is 0.157. The third kappa shape index (κ3) is 1.98. The molecule has 0 aromatic heterocycles. The van der Waals surface area contributed by atoms with E-state index in [9.17, 15) is 4.79 Å². The quantitative estimate of drug-likeness (QED) is 0.822. The average Bonchev–Trinajstić information content (AvgIpc) is 2.61. The molecular formula is C13H12ClN3O. The number of amides is 1. The number of hydrazone groups is 1. The van der Waals surface area contributed by atoms with Gasteiger partial charge in [0.15, 0.2) is 0 Å².